The lowest BCUT2D eigenvalue weighted by Crippen LogP contribution is -2.34. The van der Waals surface area contributed by atoms with Crippen molar-refractivity contribution in [1.82, 2.24) is 0 Å². The van der Waals surface area contributed by atoms with Crippen molar-refractivity contribution in [3.8, 4) is 0 Å². The topological polar surface area (TPSA) is 78.3 Å². The minimum absolute atomic E-state index is 0.332. The van der Waals surface area contributed by atoms with Crippen LogP contribution in [-0.2, 0) is 16.0 Å². The predicted molar refractivity (Wildman–Crippen MR) is 80.4 cm³/mol. The second kappa shape index (κ2) is 6.75. The largest absolute Gasteiger partial charge is 0.465 e. The summed E-state index contributed by atoms with van der Waals surface area (Å²) in [5.74, 6) is 0.226. The number of rotatable bonds is 5. The quantitative estimate of drug-likeness (QED) is 0.639. The molecule has 0 heterocycles. The summed E-state index contributed by atoms with van der Waals surface area (Å²) in [6.07, 6.45) is 5.45. The molecule has 4 nitrogen and oxygen atoms in total. The van der Waals surface area contributed by atoms with Gasteiger partial charge in [-0.05, 0) is 55.4 Å². The zero-order valence-electron chi connectivity index (χ0n) is 12.1. The van der Waals surface area contributed by atoms with E-state index < -0.39 is 6.04 Å². The summed E-state index contributed by atoms with van der Waals surface area (Å²) in [7, 11) is 0. The number of benzene rings is 1. The van der Waals surface area contributed by atoms with Gasteiger partial charge in [-0.1, -0.05) is 18.9 Å². The Morgan fingerprint density at radius 1 is 1.40 bits per heavy atom. The van der Waals surface area contributed by atoms with E-state index in [1.54, 1.807) is 6.92 Å². The van der Waals surface area contributed by atoms with Gasteiger partial charge in [0.1, 0.15) is 6.04 Å². The molecule has 1 aromatic rings. The molecule has 0 unspecified atom stereocenters. The summed E-state index contributed by atoms with van der Waals surface area (Å²) in [6, 6.07) is 5.33. The Kier molecular flexibility index (Phi) is 5.01. The zero-order chi connectivity index (χ0) is 14.5. The number of esters is 1. The highest BCUT2D eigenvalue weighted by atomic mass is 16.5. The third kappa shape index (κ3) is 3.51. The van der Waals surface area contributed by atoms with E-state index in [1.165, 1.54) is 31.2 Å². The van der Waals surface area contributed by atoms with Crippen molar-refractivity contribution >= 4 is 11.7 Å². The van der Waals surface area contributed by atoms with Crippen LogP contribution in [0.5, 0.6) is 0 Å². The van der Waals surface area contributed by atoms with Gasteiger partial charge in [0, 0.05) is 5.69 Å². The van der Waals surface area contributed by atoms with Gasteiger partial charge in [0.25, 0.3) is 0 Å². The van der Waals surface area contributed by atoms with Gasteiger partial charge in [-0.25, -0.2) is 0 Å². The lowest BCUT2D eigenvalue weighted by molar-refractivity contribution is -0.144. The third-order valence-electron chi connectivity index (χ3n) is 3.99. The molecule has 0 radical (unpaired) electrons. The lowest BCUT2D eigenvalue weighted by atomic mass is 9.89. The zero-order valence-corrected chi connectivity index (χ0v) is 12.1. The molecule has 1 aliphatic rings. The Morgan fingerprint density at radius 3 is 2.75 bits per heavy atom. The lowest BCUT2D eigenvalue weighted by Gasteiger charge is -2.18. The molecule has 1 saturated carbocycles. The molecule has 0 aliphatic heterocycles. The van der Waals surface area contributed by atoms with E-state index >= 15 is 0 Å². The number of carbonyl (C=O) groups is 1. The molecular formula is C16H24N2O2. The van der Waals surface area contributed by atoms with E-state index in [2.05, 4.69) is 0 Å². The fourth-order valence-electron chi connectivity index (χ4n) is 2.99. The van der Waals surface area contributed by atoms with Crippen molar-refractivity contribution in [2.45, 2.75) is 51.0 Å². The van der Waals surface area contributed by atoms with Gasteiger partial charge in [0.2, 0.25) is 0 Å². The number of hydrogen-bond acceptors (Lipinski definition) is 4. The highest BCUT2D eigenvalue weighted by Crippen LogP contribution is 2.37. The Balaban J connectivity index is 2.16. The molecule has 1 aliphatic carbocycles. The van der Waals surface area contributed by atoms with Gasteiger partial charge in [0.15, 0.2) is 0 Å². The first-order chi connectivity index (χ1) is 9.61. The Bertz CT molecular complexity index is 468. The summed E-state index contributed by atoms with van der Waals surface area (Å²) in [4.78, 5) is 11.7. The molecule has 110 valence electrons. The normalized spacial score (nSPS) is 17.1. The van der Waals surface area contributed by atoms with E-state index in [9.17, 15) is 4.79 Å². The van der Waals surface area contributed by atoms with Crippen LogP contribution >= 0.6 is 0 Å². The van der Waals surface area contributed by atoms with Crippen molar-refractivity contribution in [1.29, 1.82) is 0 Å². The maximum Gasteiger partial charge on any atom is 0.323 e. The first-order valence-electron chi connectivity index (χ1n) is 7.42. The number of hydrogen-bond donors (Lipinski definition) is 2. The summed E-state index contributed by atoms with van der Waals surface area (Å²) >= 11 is 0. The molecule has 1 aromatic carbocycles. The van der Waals surface area contributed by atoms with Crippen molar-refractivity contribution in [2.24, 2.45) is 5.73 Å². The summed E-state index contributed by atoms with van der Waals surface area (Å²) < 4.78 is 4.98. The van der Waals surface area contributed by atoms with E-state index in [1.807, 2.05) is 18.2 Å². The van der Waals surface area contributed by atoms with Crippen molar-refractivity contribution in [3.05, 3.63) is 29.3 Å². The first-order valence-corrected chi connectivity index (χ1v) is 7.42. The van der Waals surface area contributed by atoms with Crippen molar-refractivity contribution in [3.63, 3.8) is 0 Å². The van der Waals surface area contributed by atoms with Crippen molar-refractivity contribution in [2.75, 3.05) is 12.3 Å². The molecule has 0 amide bonds. The van der Waals surface area contributed by atoms with Gasteiger partial charge in [-0.2, -0.15) is 0 Å². The molecule has 2 rings (SSSR count). The monoisotopic (exact) mass is 276 g/mol. The average Bonchev–Trinajstić information content (AvgIpc) is 2.95. The molecule has 20 heavy (non-hydrogen) atoms. The van der Waals surface area contributed by atoms with Crippen LogP contribution < -0.4 is 11.5 Å². The fraction of sp³-hybridized carbons (Fsp3) is 0.562. The number of nitrogens with two attached hydrogens (primary N) is 2. The summed E-state index contributed by atoms with van der Waals surface area (Å²) in [6.45, 7) is 2.15. The molecule has 0 aromatic heterocycles. The summed E-state index contributed by atoms with van der Waals surface area (Å²) in [5, 5.41) is 0. The van der Waals surface area contributed by atoms with Gasteiger partial charge in [0.05, 0.1) is 6.61 Å². The number of carbonyl (C=O) groups excluding carboxylic acids is 1. The maximum absolute atomic E-state index is 11.7. The van der Waals surface area contributed by atoms with Crippen LogP contribution in [0.3, 0.4) is 0 Å². The minimum atomic E-state index is -0.598. The highest BCUT2D eigenvalue weighted by molar-refractivity contribution is 5.76. The molecule has 1 fully saturated rings. The van der Waals surface area contributed by atoms with Crippen LogP contribution in [-0.4, -0.2) is 18.6 Å². The molecular weight excluding hydrogens is 252 g/mol. The van der Waals surface area contributed by atoms with Crippen LogP contribution in [0.4, 0.5) is 5.69 Å². The van der Waals surface area contributed by atoms with Crippen LogP contribution in [0.15, 0.2) is 18.2 Å². The standard InChI is InChI=1S/C16H24N2O2/c1-2-20-16(19)15(18)9-12-7-8-13(17)10-14(12)11-5-3-4-6-11/h7-8,10-11,15H,2-6,9,17-18H2,1H3/t15-/m0/s1. The SMILES string of the molecule is CCOC(=O)[C@@H](N)Cc1ccc(N)cc1C1CCCC1. The number of ether oxygens (including phenoxy) is 1. The van der Waals surface area contributed by atoms with Gasteiger partial charge >= 0.3 is 5.97 Å². The van der Waals surface area contributed by atoms with Gasteiger partial charge in [-0.3, -0.25) is 4.79 Å². The number of nitrogen functional groups attached to an aromatic ring is 1. The van der Waals surface area contributed by atoms with E-state index in [4.69, 9.17) is 16.2 Å². The Labute approximate surface area is 120 Å². The minimum Gasteiger partial charge on any atom is -0.465 e. The predicted octanol–water partition coefficient (Wildman–Crippen LogP) is 2.36. The molecule has 4 N–H and O–H groups in total. The molecule has 0 bridgehead atoms. The van der Waals surface area contributed by atoms with Crippen LogP contribution in [0.1, 0.15) is 49.7 Å². The molecule has 4 heteroatoms. The average molecular weight is 276 g/mol. The Hall–Kier alpha value is -1.55. The van der Waals surface area contributed by atoms with Gasteiger partial charge < -0.3 is 16.2 Å². The van der Waals surface area contributed by atoms with Crippen molar-refractivity contribution < 1.29 is 9.53 Å². The van der Waals surface area contributed by atoms with E-state index in [0.29, 0.717) is 18.9 Å². The smallest absolute Gasteiger partial charge is 0.323 e. The van der Waals surface area contributed by atoms with Crippen LogP contribution in [0, 0.1) is 0 Å². The van der Waals surface area contributed by atoms with Gasteiger partial charge in [-0.15, -0.1) is 0 Å². The fourth-order valence-corrected chi connectivity index (χ4v) is 2.99. The second-order valence-electron chi connectivity index (χ2n) is 5.50. The van der Waals surface area contributed by atoms with Crippen LogP contribution in [0.2, 0.25) is 0 Å². The summed E-state index contributed by atoms with van der Waals surface area (Å²) in [5.41, 5.74) is 15.0. The molecule has 1 atom stereocenters. The first kappa shape index (κ1) is 14.9. The van der Waals surface area contributed by atoms with Crippen LogP contribution in [0.25, 0.3) is 0 Å². The second-order valence-corrected chi connectivity index (χ2v) is 5.50. The van der Waals surface area contributed by atoms with E-state index in [0.717, 1.165) is 11.3 Å². The molecule has 0 saturated heterocycles. The molecule has 0 spiro atoms. The Morgan fingerprint density at radius 2 is 2.10 bits per heavy atom. The maximum atomic E-state index is 11.7. The third-order valence-corrected chi connectivity index (χ3v) is 3.99. The highest BCUT2D eigenvalue weighted by Gasteiger charge is 2.23. The number of anilines is 1. The van der Waals surface area contributed by atoms with E-state index in [-0.39, 0.29) is 5.97 Å².